The van der Waals surface area contributed by atoms with Crippen molar-refractivity contribution in [1.29, 1.82) is 0 Å². The minimum Gasteiger partial charge on any atom is -0.382 e. The van der Waals surface area contributed by atoms with Gasteiger partial charge in [0.2, 0.25) is 0 Å². The molecule has 4 nitrogen and oxygen atoms in total. The van der Waals surface area contributed by atoms with Crippen molar-refractivity contribution in [2.45, 2.75) is 31.7 Å². The van der Waals surface area contributed by atoms with Crippen LogP contribution in [0.25, 0.3) is 0 Å². The minimum atomic E-state index is -0.0468. The lowest BCUT2D eigenvalue weighted by atomic mass is 10.0. The summed E-state index contributed by atoms with van der Waals surface area (Å²) in [6.45, 7) is 2.71. The molecule has 4 heteroatoms. The van der Waals surface area contributed by atoms with Crippen molar-refractivity contribution in [2.24, 2.45) is 0 Å². The van der Waals surface area contributed by atoms with Gasteiger partial charge in [-0.2, -0.15) is 0 Å². The molecule has 0 aliphatic carbocycles. The van der Waals surface area contributed by atoms with Crippen molar-refractivity contribution in [2.75, 3.05) is 34.0 Å². The number of methoxy groups -OCH3 is 2. The highest BCUT2D eigenvalue weighted by atomic mass is 16.5. The molecule has 1 heterocycles. The molecule has 1 aliphatic rings. The van der Waals surface area contributed by atoms with Crippen molar-refractivity contribution >= 4 is 0 Å². The van der Waals surface area contributed by atoms with E-state index >= 15 is 0 Å². The van der Waals surface area contributed by atoms with Crippen molar-refractivity contribution < 1.29 is 18.9 Å². The number of ether oxygens (including phenoxy) is 4. The molecule has 2 rings (SSSR count). The van der Waals surface area contributed by atoms with Gasteiger partial charge in [0.1, 0.15) is 6.10 Å². The molecule has 1 saturated heterocycles. The molecular weight excluding hydrogens is 256 g/mol. The molecule has 1 fully saturated rings. The van der Waals surface area contributed by atoms with Gasteiger partial charge in [0.15, 0.2) is 0 Å². The van der Waals surface area contributed by atoms with Crippen LogP contribution in [0.3, 0.4) is 0 Å². The molecule has 0 spiro atoms. The maximum absolute atomic E-state index is 6.24. The van der Waals surface area contributed by atoms with Crippen molar-refractivity contribution in [1.82, 2.24) is 0 Å². The van der Waals surface area contributed by atoms with Crippen LogP contribution in [0.1, 0.15) is 30.1 Å². The topological polar surface area (TPSA) is 36.9 Å². The molecule has 1 aromatic rings. The van der Waals surface area contributed by atoms with Gasteiger partial charge in [-0.3, -0.25) is 0 Å². The molecule has 1 aliphatic heterocycles. The largest absolute Gasteiger partial charge is 0.382 e. The zero-order valence-corrected chi connectivity index (χ0v) is 12.3. The van der Waals surface area contributed by atoms with E-state index in [2.05, 4.69) is 12.1 Å². The molecule has 0 radical (unpaired) electrons. The molecular formula is C16H24O4. The first-order valence-corrected chi connectivity index (χ1v) is 7.14. The highest BCUT2D eigenvalue weighted by molar-refractivity contribution is 5.29. The van der Waals surface area contributed by atoms with E-state index in [-0.39, 0.29) is 12.2 Å². The second-order valence-corrected chi connectivity index (χ2v) is 5.02. The number of hydrogen-bond donors (Lipinski definition) is 0. The Morgan fingerprint density at radius 1 is 1.15 bits per heavy atom. The summed E-state index contributed by atoms with van der Waals surface area (Å²) in [6, 6.07) is 8.23. The van der Waals surface area contributed by atoms with Crippen LogP contribution >= 0.6 is 0 Å². The van der Waals surface area contributed by atoms with Crippen LogP contribution in [0.2, 0.25) is 0 Å². The zero-order chi connectivity index (χ0) is 14.2. The molecule has 1 aromatic carbocycles. The van der Waals surface area contributed by atoms with Crippen LogP contribution in [0, 0.1) is 0 Å². The van der Waals surface area contributed by atoms with Gasteiger partial charge in [0.25, 0.3) is 0 Å². The van der Waals surface area contributed by atoms with E-state index in [0.29, 0.717) is 13.2 Å². The van der Waals surface area contributed by atoms with Gasteiger partial charge in [0.05, 0.1) is 19.3 Å². The summed E-state index contributed by atoms with van der Waals surface area (Å²) in [7, 11) is 3.42. The van der Waals surface area contributed by atoms with Gasteiger partial charge in [-0.05, 0) is 24.0 Å². The summed E-state index contributed by atoms with van der Waals surface area (Å²) in [5.41, 5.74) is 2.31. The van der Waals surface area contributed by atoms with Crippen LogP contribution in [0.15, 0.2) is 24.3 Å². The van der Waals surface area contributed by atoms with E-state index in [0.717, 1.165) is 37.2 Å². The van der Waals surface area contributed by atoms with E-state index in [9.17, 15) is 0 Å². The van der Waals surface area contributed by atoms with E-state index in [1.54, 1.807) is 14.2 Å². The average Bonchev–Trinajstić information content (AvgIpc) is 2.49. The fraction of sp³-hybridized carbons (Fsp3) is 0.625. The number of hydrogen-bond acceptors (Lipinski definition) is 4. The summed E-state index contributed by atoms with van der Waals surface area (Å²) in [5, 5.41) is 0. The Morgan fingerprint density at radius 3 is 2.60 bits per heavy atom. The Morgan fingerprint density at radius 2 is 1.90 bits per heavy atom. The first-order valence-electron chi connectivity index (χ1n) is 7.14. The SMILES string of the molecule is COCc1ccccc1C(COC)OC1CCOCC1. The third-order valence-corrected chi connectivity index (χ3v) is 3.54. The molecule has 0 aromatic heterocycles. The highest BCUT2D eigenvalue weighted by Crippen LogP contribution is 2.26. The van der Waals surface area contributed by atoms with E-state index in [4.69, 9.17) is 18.9 Å². The lowest BCUT2D eigenvalue weighted by Gasteiger charge is -2.28. The molecule has 0 saturated carbocycles. The molecule has 112 valence electrons. The van der Waals surface area contributed by atoms with Gasteiger partial charge in [0, 0.05) is 27.4 Å². The van der Waals surface area contributed by atoms with Crippen molar-refractivity contribution in [3.05, 3.63) is 35.4 Å². The van der Waals surface area contributed by atoms with Crippen LogP contribution in [0.5, 0.6) is 0 Å². The predicted octanol–water partition coefficient (Wildman–Crippen LogP) is 2.72. The van der Waals surface area contributed by atoms with Crippen LogP contribution in [-0.2, 0) is 25.6 Å². The van der Waals surface area contributed by atoms with Crippen LogP contribution < -0.4 is 0 Å². The first kappa shape index (κ1) is 15.4. The first-order chi connectivity index (χ1) is 9.85. The normalized spacial score (nSPS) is 18.1. The van der Waals surface area contributed by atoms with Gasteiger partial charge in [-0.1, -0.05) is 24.3 Å². The smallest absolute Gasteiger partial charge is 0.106 e. The summed E-state index contributed by atoms with van der Waals surface area (Å²) in [5.74, 6) is 0. The number of benzene rings is 1. The van der Waals surface area contributed by atoms with Crippen LogP contribution in [-0.4, -0.2) is 40.1 Å². The monoisotopic (exact) mass is 280 g/mol. The molecule has 20 heavy (non-hydrogen) atoms. The second-order valence-electron chi connectivity index (χ2n) is 5.02. The minimum absolute atomic E-state index is 0.0468. The molecule has 0 amide bonds. The Kier molecular flexibility index (Phi) is 6.47. The van der Waals surface area contributed by atoms with Gasteiger partial charge in [-0.15, -0.1) is 0 Å². The summed E-state index contributed by atoms with van der Waals surface area (Å²) < 4.78 is 22.2. The van der Waals surface area contributed by atoms with Crippen molar-refractivity contribution in [3.63, 3.8) is 0 Å². The lowest BCUT2D eigenvalue weighted by molar-refractivity contribution is -0.0903. The molecule has 0 N–H and O–H groups in total. The Hall–Kier alpha value is -0.940. The molecule has 1 atom stereocenters. The summed E-state index contributed by atoms with van der Waals surface area (Å²) >= 11 is 0. The predicted molar refractivity (Wildman–Crippen MR) is 76.7 cm³/mol. The maximum Gasteiger partial charge on any atom is 0.106 e. The van der Waals surface area contributed by atoms with E-state index in [1.807, 2.05) is 12.1 Å². The maximum atomic E-state index is 6.24. The Bertz CT molecular complexity index is 388. The average molecular weight is 280 g/mol. The van der Waals surface area contributed by atoms with E-state index < -0.39 is 0 Å². The third-order valence-electron chi connectivity index (χ3n) is 3.54. The molecule has 0 bridgehead atoms. The Balaban J connectivity index is 2.10. The quantitative estimate of drug-likeness (QED) is 0.769. The highest BCUT2D eigenvalue weighted by Gasteiger charge is 2.22. The van der Waals surface area contributed by atoms with Gasteiger partial charge in [-0.25, -0.2) is 0 Å². The third kappa shape index (κ3) is 4.28. The second kappa shape index (κ2) is 8.37. The van der Waals surface area contributed by atoms with Crippen LogP contribution in [0.4, 0.5) is 0 Å². The standard InChI is InChI=1S/C16H24O4/c1-17-11-13-5-3-4-6-15(13)16(12-18-2)20-14-7-9-19-10-8-14/h3-6,14,16H,7-12H2,1-2H3. The summed E-state index contributed by atoms with van der Waals surface area (Å²) in [6.07, 6.45) is 2.10. The summed E-state index contributed by atoms with van der Waals surface area (Å²) in [4.78, 5) is 0. The van der Waals surface area contributed by atoms with Gasteiger partial charge >= 0.3 is 0 Å². The van der Waals surface area contributed by atoms with Crippen molar-refractivity contribution in [3.8, 4) is 0 Å². The zero-order valence-electron chi connectivity index (χ0n) is 12.3. The molecule has 1 unspecified atom stereocenters. The fourth-order valence-electron chi connectivity index (χ4n) is 2.53. The van der Waals surface area contributed by atoms with Gasteiger partial charge < -0.3 is 18.9 Å². The Labute approximate surface area is 121 Å². The lowest BCUT2D eigenvalue weighted by Crippen LogP contribution is -2.27. The van der Waals surface area contributed by atoms with E-state index in [1.165, 1.54) is 0 Å². The fourth-order valence-corrected chi connectivity index (χ4v) is 2.53. The number of rotatable bonds is 7.